The van der Waals surface area contributed by atoms with Gasteiger partial charge in [0, 0.05) is 17.6 Å². The molecule has 120 valence electrons. The van der Waals surface area contributed by atoms with Crippen LogP contribution in [0.15, 0.2) is 71.5 Å². The highest BCUT2D eigenvalue weighted by Gasteiger charge is 2.10. The molecule has 1 heterocycles. The number of nitrogens with zero attached hydrogens (tertiary/aromatic N) is 2. The van der Waals surface area contributed by atoms with Crippen LogP contribution < -0.4 is 10.9 Å². The van der Waals surface area contributed by atoms with Gasteiger partial charge < -0.3 is 5.32 Å². The van der Waals surface area contributed by atoms with Gasteiger partial charge in [0.15, 0.2) is 0 Å². The van der Waals surface area contributed by atoms with E-state index in [-0.39, 0.29) is 17.2 Å². The molecule has 0 atom stereocenters. The molecule has 0 aliphatic rings. The molecule has 0 saturated heterocycles. The fourth-order valence-corrected chi connectivity index (χ4v) is 2.29. The summed E-state index contributed by atoms with van der Waals surface area (Å²) in [6.45, 7) is 0.349. The van der Waals surface area contributed by atoms with Crippen molar-refractivity contribution in [3.05, 3.63) is 93.4 Å². The second-order valence-corrected chi connectivity index (χ2v) is 5.55. The van der Waals surface area contributed by atoms with Crippen LogP contribution in [0.1, 0.15) is 16.1 Å². The fourth-order valence-electron chi connectivity index (χ4n) is 2.16. The molecule has 3 rings (SSSR count). The van der Waals surface area contributed by atoms with E-state index in [9.17, 15) is 9.59 Å². The first-order valence-electron chi connectivity index (χ1n) is 7.32. The van der Waals surface area contributed by atoms with Crippen molar-refractivity contribution in [1.82, 2.24) is 15.1 Å². The highest BCUT2D eigenvalue weighted by molar-refractivity contribution is 6.30. The summed E-state index contributed by atoms with van der Waals surface area (Å²) in [5.74, 6) is -0.352. The minimum atomic E-state index is -0.352. The molecule has 0 aliphatic carbocycles. The van der Waals surface area contributed by atoms with Gasteiger partial charge in [0.2, 0.25) is 0 Å². The zero-order valence-corrected chi connectivity index (χ0v) is 13.4. The predicted octanol–water partition coefficient (Wildman–Crippen LogP) is 2.82. The van der Waals surface area contributed by atoms with Gasteiger partial charge >= 0.3 is 0 Å². The summed E-state index contributed by atoms with van der Waals surface area (Å²) in [6, 6.07) is 18.9. The number of aromatic nitrogens is 2. The Morgan fingerprint density at radius 1 is 1.00 bits per heavy atom. The topological polar surface area (TPSA) is 64.0 Å². The van der Waals surface area contributed by atoms with Crippen LogP contribution in [0.3, 0.4) is 0 Å². The first kappa shape index (κ1) is 16.0. The number of hydrogen-bond acceptors (Lipinski definition) is 3. The average molecular weight is 340 g/mol. The zero-order chi connectivity index (χ0) is 16.9. The molecule has 0 saturated carbocycles. The van der Waals surface area contributed by atoms with E-state index in [0.717, 1.165) is 5.56 Å². The van der Waals surface area contributed by atoms with Crippen molar-refractivity contribution in [3.63, 3.8) is 0 Å². The second-order valence-electron chi connectivity index (χ2n) is 5.11. The third-order valence-electron chi connectivity index (χ3n) is 3.40. The van der Waals surface area contributed by atoms with E-state index in [0.29, 0.717) is 17.3 Å². The molecule has 1 amide bonds. The highest BCUT2D eigenvalue weighted by atomic mass is 35.5. The van der Waals surface area contributed by atoms with Crippen molar-refractivity contribution in [1.29, 1.82) is 0 Å². The molecule has 5 nitrogen and oxygen atoms in total. The second kappa shape index (κ2) is 7.10. The fraction of sp³-hybridized carbons (Fsp3) is 0.0556. The third kappa shape index (κ3) is 3.70. The minimum Gasteiger partial charge on any atom is -0.347 e. The summed E-state index contributed by atoms with van der Waals surface area (Å²) in [4.78, 5) is 24.2. The van der Waals surface area contributed by atoms with Gasteiger partial charge in [0.1, 0.15) is 5.69 Å². The van der Waals surface area contributed by atoms with Crippen molar-refractivity contribution in [2.45, 2.75) is 6.54 Å². The summed E-state index contributed by atoms with van der Waals surface area (Å²) in [5, 5.41) is 7.55. The molecule has 0 fully saturated rings. The van der Waals surface area contributed by atoms with Gasteiger partial charge in [-0.3, -0.25) is 9.59 Å². The van der Waals surface area contributed by atoms with Crippen molar-refractivity contribution < 1.29 is 4.79 Å². The van der Waals surface area contributed by atoms with Crippen molar-refractivity contribution in [2.75, 3.05) is 0 Å². The molecule has 0 spiro atoms. The van der Waals surface area contributed by atoms with Crippen molar-refractivity contribution >= 4 is 17.5 Å². The molecular formula is C18H14ClN3O2. The molecule has 0 radical (unpaired) electrons. The van der Waals surface area contributed by atoms with Crippen LogP contribution in [-0.2, 0) is 6.54 Å². The van der Waals surface area contributed by atoms with E-state index in [2.05, 4.69) is 10.4 Å². The Bertz CT molecular complexity index is 906. The summed E-state index contributed by atoms with van der Waals surface area (Å²) < 4.78 is 1.21. The first-order chi connectivity index (χ1) is 11.6. The molecular weight excluding hydrogens is 326 g/mol. The van der Waals surface area contributed by atoms with Crippen LogP contribution in [0.2, 0.25) is 5.02 Å². The minimum absolute atomic E-state index is 0.174. The van der Waals surface area contributed by atoms with Crippen LogP contribution in [0.4, 0.5) is 0 Å². The lowest BCUT2D eigenvalue weighted by molar-refractivity contribution is 0.0944. The number of amides is 1. The SMILES string of the molecule is O=C(NCc1ccc(Cl)cc1)c1ccc(=O)n(-c2ccccc2)n1. The number of carbonyl (C=O) groups excluding carboxylic acids is 1. The number of benzene rings is 2. The van der Waals surface area contributed by atoms with Crippen molar-refractivity contribution in [2.24, 2.45) is 0 Å². The molecule has 6 heteroatoms. The molecule has 0 bridgehead atoms. The normalized spacial score (nSPS) is 10.4. The number of rotatable bonds is 4. The average Bonchev–Trinajstić information content (AvgIpc) is 2.62. The first-order valence-corrected chi connectivity index (χ1v) is 7.70. The van der Waals surface area contributed by atoms with E-state index in [1.165, 1.54) is 16.8 Å². The quantitative estimate of drug-likeness (QED) is 0.795. The Morgan fingerprint density at radius 2 is 1.71 bits per heavy atom. The van der Waals surface area contributed by atoms with Gasteiger partial charge in [-0.1, -0.05) is 41.9 Å². The number of carbonyl (C=O) groups is 1. The Balaban J connectivity index is 1.78. The van der Waals surface area contributed by atoms with E-state index in [1.54, 1.807) is 36.4 Å². The lowest BCUT2D eigenvalue weighted by Gasteiger charge is -2.08. The molecule has 0 unspecified atom stereocenters. The number of para-hydroxylation sites is 1. The molecule has 3 aromatic rings. The Hall–Kier alpha value is -2.92. The van der Waals surface area contributed by atoms with Gasteiger partial charge in [-0.05, 0) is 35.9 Å². The highest BCUT2D eigenvalue weighted by Crippen LogP contribution is 2.09. The lowest BCUT2D eigenvalue weighted by Crippen LogP contribution is -2.28. The smallest absolute Gasteiger partial charge is 0.272 e. The zero-order valence-electron chi connectivity index (χ0n) is 12.6. The Morgan fingerprint density at radius 3 is 2.42 bits per heavy atom. The molecule has 1 aromatic heterocycles. The van der Waals surface area contributed by atoms with Crippen LogP contribution in [0.25, 0.3) is 5.69 Å². The summed E-state index contributed by atoms with van der Waals surface area (Å²) in [7, 11) is 0. The van der Waals surface area contributed by atoms with Crippen molar-refractivity contribution in [3.8, 4) is 5.69 Å². The summed E-state index contributed by atoms with van der Waals surface area (Å²) in [6.07, 6.45) is 0. The van der Waals surface area contributed by atoms with Crippen LogP contribution in [-0.4, -0.2) is 15.7 Å². The molecule has 2 aromatic carbocycles. The van der Waals surface area contributed by atoms with Gasteiger partial charge in [-0.2, -0.15) is 9.78 Å². The Kier molecular flexibility index (Phi) is 4.72. The van der Waals surface area contributed by atoms with Crippen LogP contribution in [0, 0.1) is 0 Å². The molecule has 0 aliphatic heterocycles. The lowest BCUT2D eigenvalue weighted by atomic mass is 10.2. The number of nitrogens with one attached hydrogen (secondary N) is 1. The molecule has 1 N–H and O–H groups in total. The monoisotopic (exact) mass is 339 g/mol. The van der Waals surface area contributed by atoms with E-state index < -0.39 is 0 Å². The third-order valence-corrected chi connectivity index (χ3v) is 3.65. The van der Waals surface area contributed by atoms with Gasteiger partial charge in [0.05, 0.1) is 5.69 Å². The summed E-state index contributed by atoms with van der Waals surface area (Å²) >= 11 is 5.83. The van der Waals surface area contributed by atoms with Gasteiger partial charge in [-0.25, -0.2) is 0 Å². The van der Waals surface area contributed by atoms with Gasteiger partial charge in [-0.15, -0.1) is 0 Å². The van der Waals surface area contributed by atoms with Crippen LogP contribution in [0.5, 0.6) is 0 Å². The molecule has 24 heavy (non-hydrogen) atoms. The van der Waals surface area contributed by atoms with E-state index in [4.69, 9.17) is 11.6 Å². The standard InChI is InChI=1S/C18H14ClN3O2/c19-14-8-6-13(7-9-14)12-20-18(24)16-10-11-17(23)22(21-16)15-4-2-1-3-5-15/h1-11H,12H2,(H,20,24). The predicted molar refractivity (Wildman–Crippen MR) is 92.5 cm³/mol. The van der Waals surface area contributed by atoms with Crippen LogP contribution >= 0.6 is 11.6 Å². The van der Waals surface area contributed by atoms with E-state index in [1.807, 2.05) is 18.2 Å². The number of hydrogen-bond donors (Lipinski definition) is 1. The maximum absolute atomic E-state index is 12.3. The maximum Gasteiger partial charge on any atom is 0.272 e. The largest absolute Gasteiger partial charge is 0.347 e. The Labute approximate surface area is 143 Å². The summed E-state index contributed by atoms with van der Waals surface area (Å²) in [5.41, 5.74) is 1.40. The van der Waals surface area contributed by atoms with Gasteiger partial charge in [0.25, 0.3) is 11.5 Å². The maximum atomic E-state index is 12.3. The van der Waals surface area contributed by atoms with E-state index >= 15 is 0 Å². The number of halogens is 1.